The van der Waals surface area contributed by atoms with Crippen LogP contribution in [0.5, 0.6) is 5.75 Å². The molecule has 41 heavy (non-hydrogen) atoms. The summed E-state index contributed by atoms with van der Waals surface area (Å²) in [5.41, 5.74) is 3.57. The Morgan fingerprint density at radius 1 is 0.805 bits per heavy atom. The van der Waals surface area contributed by atoms with Crippen LogP contribution in [0.3, 0.4) is 0 Å². The topological polar surface area (TPSA) is 107 Å². The van der Waals surface area contributed by atoms with Crippen LogP contribution in [0.15, 0.2) is 114 Å². The number of carbonyl (C=O) groups is 2. The first-order valence-electron chi connectivity index (χ1n) is 13.5. The molecule has 0 aliphatic heterocycles. The Labute approximate surface area is 241 Å². The molecule has 0 atom stereocenters. The van der Waals surface area contributed by atoms with E-state index in [0.717, 1.165) is 16.7 Å². The Balaban J connectivity index is 1.56. The van der Waals surface area contributed by atoms with Gasteiger partial charge in [-0.05, 0) is 66.3 Å². The number of benzene rings is 4. The van der Waals surface area contributed by atoms with Gasteiger partial charge in [0.15, 0.2) is 0 Å². The molecule has 0 fully saturated rings. The predicted molar refractivity (Wildman–Crippen MR) is 159 cm³/mol. The fourth-order valence-electron chi connectivity index (χ4n) is 4.89. The molecule has 0 aromatic heterocycles. The van der Waals surface area contributed by atoms with Crippen molar-refractivity contribution in [2.45, 2.75) is 37.0 Å². The number of sulfonamides is 1. The number of ether oxygens (including phenoxy) is 1. The third-order valence-electron chi connectivity index (χ3n) is 6.84. The van der Waals surface area contributed by atoms with Crippen molar-refractivity contribution >= 4 is 21.9 Å². The third kappa shape index (κ3) is 8.61. The summed E-state index contributed by atoms with van der Waals surface area (Å²) in [5.74, 6) is -0.0868. The Kier molecular flexibility index (Phi) is 10.1. The number of aryl methyl sites for hydroxylation is 1. The second kappa shape index (κ2) is 13.9. The highest BCUT2D eigenvalue weighted by Crippen LogP contribution is 2.28. The van der Waals surface area contributed by atoms with Crippen LogP contribution in [0, 0.1) is 0 Å². The lowest BCUT2D eigenvalue weighted by atomic mass is 9.88. The lowest BCUT2D eigenvalue weighted by Crippen LogP contribution is -2.34. The monoisotopic (exact) mass is 570 g/mol. The summed E-state index contributed by atoms with van der Waals surface area (Å²) in [6, 6.07) is 33.6. The van der Waals surface area contributed by atoms with Gasteiger partial charge in [-0.3, -0.25) is 9.59 Å². The van der Waals surface area contributed by atoms with E-state index >= 15 is 0 Å². The average molecular weight is 571 g/mol. The van der Waals surface area contributed by atoms with E-state index in [1.165, 1.54) is 25.1 Å². The first-order valence-corrected chi connectivity index (χ1v) is 15.0. The SMILES string of the molecule is CC(=O)Oc1cccc(CCCN(CCC(c2ccccc2)c2ccccc2)C(=O)c2cccc(S(N)(=O)=O)c2)c1. The molecule has 7 nitrogen and oxygen atoms in total. The first kappa shape index (κ1) is 29.7. The highest BCUT2D eigenvalue weighted by molar-refractivity contribution is 7.89. The van der Waals surface area contributed by atoms with Crippen LogP contribution in [0.1, 0.15) is 52.7 Å². The molecular weight excluding hydrogens is 536 g/mol. The molecule has 0 bridgehead atoms. The highest BCUT2D eigenvalue weighted by Gasteiger charge is 2.21. The molecular formula is C33H34N2O5S. The van der Waals surface area contributed by atoms with Crippen molar-refractivity contribution in [1.29, 1.82) is 0 Å². The van der Waals surface area contributed by atoms with Crippen molar-refractivity contribution in [3.8, 4) is 5.75 Å². The van der Waals surface area contributed by atoms with Crippen molar-refractivity contribution in [3.05, 3.63) is 131 Å². The predicted octanol–water partition coefficient (Wildman–Crippen LogP) is 5.56. The van der Waals surface area contributed by atoms with Crippen LogP contribution in [-0.2, 0) is 21.2 Å². The zero-order chi connectivity index (χ0) is 29.2. The first-order chi connectivity index (χ1) is 19.7. The van der Waals surface area contributed by atoms with Crippen molar-refractivity contribution < 1.29 is 22.7 Å². The van der Waals surface area contributed by atoms with E-state index < -0.39 is 10.0 Å². The summed E-state index contributed by atoms with van der Waals surface area (Å²) in [6.45, 7) is 2.27. The van der Waals surface area contributed by atoms with E-state index in [1.54, 1.807) is 17.0 Å². The molecule has 0 heterocycles. The van der Waals surface area contributed by atoms with Crippen LogP contribution in [0.4, 0.5) is 0 Å². The van der Waals surface area contributed by atoms with Gasteiger partial charge in [0, 0.05) is 31.5 Å². The molecule has 212 valence electrons. The van der Waals surface area contributed by atoms with Crippen molar-refractivity contribution in [3.63, 3.8) is 0 Å². The third-order valence-corrected chi connectivity index (χ3v) is 7.75. The Bertz CT molecular complexity index is 1530. The molecule has 0 aliphatic carbocycles. The van der Waals surface area contributed by atoms with Gasteiger partial charge in [0.25, 0.3) is 5.91 Å². The molecule has 0 unspecified atom stereocenters. The maximum atomic E-state index is 13.8. The summed E-state index contributed by atoms with van der Waals surface area (Å²) in [7, 11) is -3.95. The number of hydrogen-bond donors (Lipinski definition) is 1. The van der Waals surface area contributed by atoms with E-state index in [0.29, 0.717) is 38.1 Å². The minimum atomic E-state index is -3.95. The maximum Gasteiger partial charge on any atom is 0.308 e. The van der Waals surface area contributed by atoms with Crippen molar-refractivity contribution in [2.75, 3.05) is 13.1 Å². The van der Waals surface area contributed by atoms with Gasteiger partial charge in [-0.15, -0.1) is 0 Å². The van der Waals surface area contributed by atoms with Crippen LogP contribution in [-0.4, -0.2) is 38.3 Å². The molecule has 4 rings (SSSR count). The Morgan fingerprint density at radius 3 is 2.05 bits per heavy atom. The van der Waals surface area contributed by atoms with Gasteiger partial charge in [0.05, 0.1) is 4.90 Å². The van der Waals surface area contributed by atoms with E-state index in [4.69, 9.17) is 9.88 Å². The fraction of sp³-hybridized carbons (Fsp3) is 0.212. The Hall–Kier alpha value is -4.27. The summed E-state index contributed by atoms with van der Waals surface area (Å²) in [6.07, 6.45) is 2.00. The molecule has 1 amide bonds. The fourth-order valence-corrected chi connectivity index (χ4v) is 5.45. The second-order valence-corrected chi connectivity index (χ2v) is 11.4. The Morgan fingerprint density at radius 2 is 1.44 bits per heavy atom. The smallest absolute Gasteiger partial charge is 0.308 e. The van der Waals surface area contributed by atoms with Crippen molar-refractivity contribution in [1.82, 2.24) is 4.90 Å². The second-order valence-electron chi connectivity index (χ2n) is 9.87. The number of carbonyl (C=O) groups excluding carboxylic acids is 2. The quantitative estimate of drug-likeness (QED) is 0.177. The number of hydrogen-bond acceptors (Lipinski definition) is 5. The molecule has 4 aromatic rings. The number of nitrogens with zero attached hydrogens (tertiary/aromatic N) is 1. The molecule has 0 aliphatic rings. The molecule has 2 N–H and O–H groups in total. The van der Waals surface area contributed by atoms with Crippen LogP contribution < -0.4 is 9.88 Å². The minimum absolute atomic E-state index is 0.0730. The van der Waals surface area contributed by atoms with Crippen molar-refractivity contribution in [2.24, 2.45) is 5.14 Å². The zero-order valence-electron chi connectivity index (χ0n) is 23.0. The van der Waals surface area contributed by atoms with Gasteiger partial charge >= 0.3 is 5.97 Å². The van der Waals surface area contributed by atoms with Gasteiger partial charge < -0.3 is 9.64 Å². The molecule has 8 heteroatoms. The molecule has 0 spiro atoms. The number of primary sulfonamides is 1. The van der Waals surface area contributed by atoms with Crippen LogP contribution in [0.2, 0.25) is 0 Å². The van der Waals surface area contributed by atoms with E-state index in [2.05, 4.69) is 24.3 Å². The summed E-state index contributed by atoms with van der Waals surface area (Å²) in [5, 5.41) is 5.33. The highest BCUT2D eigenvalue weighted by atomic mass is 32.2. The summed E-state index contributed by atoms with van der Waals surface area (Å²) < 4.78 is 29.1. The van der Waals surface area contributed by atoms with Crippen LogP contribution >= 0.6 is 0 Å². The van der Waals surface area contributed by atoms with Gasteiger partial charge in [-0.2, -0.15) is 0 Å². The van der Waals surface area contributed by atoms with Gasteiger partial charge in [0.2, 0.25) is 10.0 Å². The number of nitrogens with two attached hydrogens (primary N) is 1. The molecule has 0 saturated carbocycles. The van der Waals surface area contributed by atoms with Crippen LogP contribution in [0.25, 0.3) is 0 Å². The van der Waals surface area contributed by atoms with Gasteiger partial charge in [0.1, 0.15) is 5.75 Å². The van der Waals surface area contributed by atoms with Gasteiger partial charge in [-0.1, -0.05) is 78.9 Å². The van der Waals surface area contributed by atoms with E-state index in [-0.39, 0.29) is 28.3 Å². The summed E-state index contributed by atoms with van der Waals surface area (Å²) >= 11 is 0. The van der Waals surface area contributed by atoms with E-state index in [9.17, 15) is 18.0 Å². The maximum absolute atomic E-state index is 13.8. The molecule has 0 saturated heterocycles. The lowest BCUT2D eigenvalue weighted by molar-refractivity contribution is -0.131. The van der Waals surface area contributed by atoms with E-state index in [1.807, 2.05) is 54.6 Å². The number of esters is 1. The average Bonchev–Trinajstić information content (AvgIpc) is 2.96. The normalized spacial score (nSPS) is 11.3. The summed E-state index contributed by atoms with van der Waals surface area (Å²) in [4.78, 5) is 26.8. The number of amides is 1. The lowest BCUT2D eigenvalue weighted by Gasteiger charge is -2.26. The largest absolute Gasteiger partial charge is 0.427 e. The van der Waals surface area contributed by atoms with Gasteiger partial charge in [-0.25, -0.2) is 13.6 Å². The zero-order valence-corrected chi connectivity index (χ0v) is 23.8. The standard InChI is InChI=1S/C33H34N2O5S/c1-25(36)40-30-18-8-11-26(23-30)12-10-21-35(33(37)29-17-9-19-31(24-29)41(34,38)39)22-20-32(27-13-4-2-5-14-27)28-15-6-3-7-16-28/h2-9,11,13-19,23-24,32H,10,12,20-22H2,1H3,(H2,34,38,39). The molecule has 0 radical (unpaired) electrons. The number of rotatable bonds is 12. The minimum Gasteiger partial charge on any atom is -0.427 e. The molecule has 4 aromatic carbocycles.